The third kappa shape index (κ3) is 46.0. The van der Waals surface area contributed by atoms with Crippen LogP contribution in [0.4, 0.5) is 0 Å². The summed E-state index contributed by atoms with van der Waals surface area (Å²) in [5.41, 5.74) is 0. The predicted octanol–water partition coefficient (Wildman–Crippen LogP) is 17.2. The van der Waals surface area contributed by atoms with Gasteiger partial charge in [-0.15, -0.1) is 0 Å². The topological polar surface area (TPSA) is 63.6 Å². The summed E-state index contributed by atoms with van der Waals surface area (Å²) >= 11 is 0. The number of rotatable bonds is 44. The van der Waals surface area contributed by atoms with Gasteiger partial charge in [0.25, 0.3) is 0 Å². The van der Waals surface area contributed by atoms with Crippen LogP contribution in [0.15, 0.2) is 60.8 Å². The first-order chi connectivity index (χ1) is 27.6. The largest absolute Gasteiger partial charge is 0.481 e. The first kappa shape index (κ1) is 53.6. The minimum absolute atomic E-state index is 0.0138. The molecule has 0 bridgehead atoms. The molecule has 0 rings (SSSR count). The van der Waals surface area contributed by atoms with Crippen LogP contribution < -0.4 is 0 Å². The molecule has 56 heavy (non-hydrogen) atoms. The standard InChI is InChI=1S/C52H92O4/c1-3-5-7-9-11-13-15-17-19-20-21-22-23-24-25-26-28-30-32-34-36-41-45-49-52(55)56-50(47-43-39-37-40-44-48-51(53)54)46-42-38-35-33-31-29-27-18-16-14-12-10-8-6-4-2/h6,8,12,14,18,20-21,27,31,33,50H,3-5,7,9-11,13,15-17,19,22-26,28-30,32,34-49H2,1-2H3,(H,53,54)/b8-6-,14-12-,21-20-,27-18-,33-31-. The number of carbonyl (C=O) groups excluding carboxylic acids is 1. The molecule has 0 amide bonds. The molecule has 0 radical (unpaired) electrons. The minimum atomic E-state index is -0.707. The number of ether oxygens (including phenoxy) is 1. The first-order valence-corrected chi connectivity index (χ1v) is 24.3. The van der Waals surface area contributed by atoms with Gasteiger partial charge in [-0.25, -0.2) is 0 Å². The van der Waals surface area contributed by atoms with Crippen LogP contribution in [0.3, 0.4) is 0 Å². The number of carboxylic acids is 1. The van der Waals surface area contributed by atoms with Crippen molar-refractivity contribution in [2.45, 2.75) is 258 Å². The first-order valence-electron chi connectivity index (χ1n) is 24.3. The lowest BCUT2D eigenvalue weighted by atomic mass is 10.0. The van der Waals surface area contributed by atoms with Gasteiger partial charge in [-0.3, -0.25) is 9.59 Å². The van der Waals surface area contributed by atoms with Crippen molar-refractivity contribution in [2.24, 2.45) is 0 Å². The summed E-state index contributed by atoms with van der Waals surface area (Å²) in [7, 11) is 0. The second-order valence-electron chi connectivity index (χ2n) is 16.3. The normalized spacial score (nSPS) is 12.8. The third-order valence-electron chi connectivity index (χ3n) is 10.7. The summed E-state index contributed by atoms with van der Waals surface area (Å²) in [5.74, 6) is -0.726. The summed E-state index contributed by atoms with van der Waals surface area (Å²) < 4.78 is 6.02. The fraction of sp³-hybridized carbons (Fsp3) is 0.769. The van der Waals surface area contributed by atoms with Gasteiger partial charge in [0.2, 0.25) is 0 Å². The fourth-order valence-corrected chi connectivity index (χ4v) is 7.17. The highest BCUT2D eigenvalue weighted by molar-refractivity contribution is 5.69. The van der Waals surface area contributed by atoms with Crippen LogP contribution in [0.1, 0.15) is 251 Å². The van der Waals surface area contributed by atoms with Gasteiger partial charge in [-0.2, -0.15) is 0 Å². The van der Waals surface area contributed by atoms with E-state index in [2.05, 4.69) is 74.6 Å². The van der Waals surface area contributed by atoms with Gasteiger partial charge in [0.15, 0.2) is 0 Å². The summed E-state index contributed by atoms with van der Waals surface area (Å²) in [6.45, 7) is 4.45. The van der Waals surface area contributed by atoms with E-state index in [4.69, 9.17) is 9.84 Å². The van der Waals surface area contributed by atoms with Crippen molar-refractivity contribution in [3.8, 4) is 0 Å². The maximum absolute atomic E-state index is 12.8. The van der Waals surface area contributed by atoms with Crippen LogP contribution in [0.2, 0.25) is 0 Å². The molecule has 0 fully saturated rings. The molecule has 1 N–H and O–H groups in total. The molecule has 4 heteroatoms. The highest BCUT2D eigenvalue weighted by Crippen LogP contribution is 2.18. The van der Waals surface area contributed by atoms with E-state index in [1.165, 1.54) is 122 Å². The fourth-order valence-electron chi connectivity index (χ4n) is 7.17. The molecule has 0 aliphatic heterocycles. The summed E-state index contributed by atoms with van der Waals surface area (Å²) in [4.78, 5) is 23.5. The molecule has 0 aliphatic carbocycles. The molecule has 0 aromatic heterocycles. The Morgan fingerprint density at radius 1 is 0.411 bits per heavy atom. The van der Waals surface area contributed by atoms with Gasteiger partial charge >= 0.3 is 11.9 Å². The van der Waals surface area contributed by atoms with E-state index in [1.807, 2.05) is 0 Å². The molecule has 0 aromatic carbocycles. The molecular formula is C52H92O4. The van der Waals surface area contributed by atoms with E-state index < -0.39 is 5.97 Å². The van der Waals surface area contributed by atoms with Gasteiger partial charge in [0.1, 0.15) is 6.10 Å². The Labute approximate surface area is 348 Å². The van der Waals surface area contributed by atoms with Gasteiger partial charge in [0, 0.05) is 12.8 Å². The van der Waals surface area contributed by atoms with Crippen LogP contribution in [0.25, 0.3) is 0 Å². The highest BCUT2D eigenvalue weighted by Gasteiger charge is 2.14. The molecule has 0 heterocycles. The van der Waals surface area contributed by atoms with E-state index in [9.17, 15) is 9.59 Å². The zero-order chi connectivity index (χ0) is 40.7. The van der Waals surface area contributed by atoms with Crippen LogP contribution in [0, 0.1) is 0 Å². The summed E-state index contributed by atoms with van der Waals surface area (Å²) in [5, 5.41) is 8.86. The lowest BCUT2D eigenvalue weighted by Crippen LogP contribution is -2.18. The van der Waals surface area contributed by atoms with Crippen molar-refractivity contribution in [1.29, 1.82) is 0 Å². The van der Waals surface area contributed by atoms with Crippen molar-refractivity contribution < 1.29 is 19.4 Å². The molecule has 0 saturated heterocycles. The second-order valence-corrected chi connectivity index (χ2v) is 16.3. The number of hydrogen-bond acceptors (Lipinski definition) is 3. The number of aliphatic carboxylic acids is 1. The molecular weight excluding hydrogens is 689 g/mol. The van der Waals surface area contributed by atoms with Crippen LogP contribution in [0.5, 0.6) is 0 Å². The van der Waals surface area contributed by atoms with Gasteiger partial charge < -0.3 is 9.84 Å². The number of carboxylic acid groups (broad SMARTS) is 1. The van der Waals surface area contributed by atoms with Crippen molar-refractivity contribution in [3.05, 3.63) is 60.8 Å². The predicted molar refractivity (Wildman–Crippen MR) is 245 cm³/mol. The Balaban J connectivity index is 3.98. The van der Waals surface area contributed by atoms with Crippen molar-refractivity contribution in [2.75, 3.05) is 0 Å². The molecule has 0 aromatic rings. The lowest BCUT2D eigenvalue weighted by Gasteiger charge is -2.18. The molecule has 0 aliphatic rings. The number of esters is 1. The zero-order valence-corrected chi connectivity index (χ0v) is 37.2. The Kier molecular flexibility index (Phi) is 45.0. The molecule has 4 nitrogen and oxygen atoms in total. The van der Waals surface area contributed by atoms with Crippen LogP contribution in [-0.2, 0) is 14.3 Å². The van der Waals surface area contributed by atoms with Crippen molar-refractivity contribution in [1.82, 2.24) is 0 Å². The van der Waals surface area contributed by atoms with Crippen LogP contribution >= 0.6 is 0 Å². The van der Waals surface area contributed by atoms with E-state index in [-0.39, 0.29) is 18.5 Å². The molecule has 324 valence electrons. The monoisotopic (exact) mass is 781 g/mol. The average Bonchev–Trinajstić information content (AvgIpc) is 3.19. The third-order valence-corrected chi connectivity index (χ3v) is 10.7. The molecule has 1 unspecified atom stereocenters. The van der Waals surface area contributed by atoms with Crippen molar-refractivity contribution in [3.63, 3.8) is 0 Å². The second kappa shape index (κ2) is 47.0. The SMILES string of the molecule is CC/C=C\C/C=C\C/C=C\C/C=C\CCCCC(CCCCCCCC(=O)O)OC(=O)CCCCCCCCCCCCC/C=C\CCCCCCCCCC. The lowest BCUT2D eigenvalue weighted by molar-refractivity contribution is -0.150. The minimum Gasteiger partial charge on any atom is -0.481 e. The average molecular weight is 781 g/mol. The molecule has 0 spiro atoms. The van der Waals surface area contributed by atoms with E-state index in [0.29, 0.717) is 6.42 Å². The Bertz CT molecular complexity index is 973. The van der Waals surface area contributed by atoms with Gasteiger partial charge in [-0.1, -0.05) is 197 Å². The Morgan fingerprint density at radius 2 is 0.750 bits per heavy atom. The summed E-state index contributed by atoms with van der Waals surface area (Å²) in [6.07, 6.45) is 65.5. The Hall–Kier alpha value is -2.36. The smallest absolute Gasteiger partial charge is 0.306 e. The van der Waals surface area contributed by atoms with Gasteiger partial charge in [-0.05, 0) is 103 Å². The Morgan fingerprint density at radius 3 is 1.21 bits per heavy atom. The summed E-state index contributed by atoms with van der Waals surface area (Å²) in [6, 6.07) is 0. The van der Waals surface area contributed by atoms with E-state index in [0.717, 1.165) is 103 Å². The highest BCUT2D eigenvalue weighted by atomic mass is 16.5. The number of carbonyl (C=O) groups is 2. The molecule has 0 saturated carbocycles. The zero-order valence-electron chi connectivity index (χ0n) is 37.2. The quantitative estimate of drug-likeness (QED) is 0.0380. The van der Waals surface area contributed by atoms with Gasteiger partial charge in [0.05, 0.1) is 0 Å². The van der Waals surface area contributed by atoms with Crippen molar-refractivity contribution >= 4 is 11.9 Å². The maximum atomic E-state index is 12.8. The number of unbranched alkanes of at least 4 members (excludes halogenated alkanes) is 25. The van der Waals surface area contributed by atoms with E-state index >= 15 is 0 Å². The van der Waals surface area contributed by atoms with Crippen LogP contribution in [-0.4, -0.2) is 23.1 Å². The van der Waals surface area contributed by atoms with E-state index in [1.54, 1.807) is 0 Å². The number of allylic oxidation sites excluding steroid dienone is 10. The number of hydrogen-bond donors (Lipinski definition) is 1. The molecule has 1 atom stereocenters. The maximum Gasteiger partial charge on any atom is 0.306 e.